The fourth-order valence-electron chi connectivity index (χ4n) is 2.53. The lowest BCUT2D eigenvalue weighted by molar-refractivity contribution is 0.414. The van der Waals surface area contributed by atoms with Crippen molar-refractivity contribution in [2.45, 2.75) is 31.6 Å². The Labute approximate surface area is 95.1 Å². The number of hydrogen-bond acceptors (Lipinski definition) is 2. The molecule has 0 spiro atoms. The summed E-state index contributed by atoms with van der Waals surface area (Å²) in [6.45, 7) is 0. The molecule has 84 valence electrons. The second kappa shape index (κ2) is 3.81. The minimum atomic E-state index is 0.672. The van der Waals surface area contributed by atoms with Crippen molar-refractivity contribution >= 4 is 5.65 Å². The van der Waals surface area contributed by atoms with Gasteiger partial charge in [-0.3, -0.25) is 0 Å². The molecular formula is C13H16N2O. The standard InChI is InChI=1S/C13H16N2O/c1-16-11-6-7-15-9-12(14-13(15)8-11)10-4-2-3-5-10/h6-10H,2-5H2,1H3. The van der Waals surface area contributed by atoms with Crippen molar-refractivity contribution in [2.75, 3.05) is 7.11 Å². The predicted octanol–water partition coefficient (Wildman–Crippen LogP) is 3.00. The monoisotopic (exact) mass is 216 g/mol. The molecule has 0 amide bonds. The van der Waals surface area contributed by atoms with Gasteiger partial charge in [0.1, 0.15) is 11.4 Å². The third-order valence-electron chi connectivity index (χ3n) is 3.46. The minimum Gasteiger partial charge on any atom is -0.497 e. The average molecular weight is 216 g/mol. The first-order valence-electron chi connectivity index (χ1n) is 5.89. The highest BCUT2D eigenvalue weighted by Gasteiger charge is 2.19. The van der Waals surface area contributed by atoms with Crippen LogP contribution < -0.4 is 4.74 Å². The number of pyridine rings is 1. The Morgan fingerprint density at radius 3 is 2.94 bits per heavy atom. The van der Waals surface area contributed by atoms with E-state index in [4.69, 9.17) is 4.74 Å². The highest BCUT2D eigenvalue weighted by molar-refractivity contribution is 5.46. The highest BCUT2D eigenvalue weighted by Crippen LogP contribution is 2.33. The molecule has 3 nitrogen and oxygen atoms in total. The van der Waals surface area contributed by atoms with Crippen LogP contribution in [0.3, 0.4) is 0 Å². The van der Waals surface area contributed by atoms with Gasteiger partial charge in [-0.1, -0.05) is 12.8 Å². The molecule has 0 aromatic carbocycles. The van der Waals surface area contributed by atoms with Gasteiger partial charge in [0.25, 0.3) is 0 Å². The largest absolute Gasteiger partial charge is 0.497 e. The maximum absolute atomic E-state index is 5.20. The van der Waals surface area contributed by atoms with Crippen LogP contribution in [0.4, 0.5) is 0 Å². The fraction of sp³-hybridized carbons (Fsp3) is 0.462. The molecule has 2 heterocycles. The van der Waals surface area contributed by atoms with Crippen molar-refractivity contribution in [3.63, 3.8) is 0 Å². The van der Waals surface area contributed by atoms with Gasteiger partial charge < -0.3 is 9.14 Å². The molecule has 1 aliphatic carbocycles. The first-order valence-corrected chi connectivity index (χ1v) is 5.89. The van der Waals surface area contributed by atoms with Gasteiger partial charge in [-0.25, -0.2) is 4.98 Å². The molecule has 2 aromatic rings. The Balaban J connectivity index is 2.01. The number of rotatable bonds is 2. The number of imidazole rings is 1. The lowest BCUT2D eigenvalue weighted by atomic mass is 10.1. The summed E-state index contributed by atoms with van der Waals surface area (Å²) >= 11 is 0. The van der Waals surface area contributed by atoms with E-state index in [1.165, 1.54) is 31.4 Å². The molecule has 0 saturated heterocycles. The Bertz CT molecular complexity index is 498. The fourth-order valence-corrected chi connectivity index (χ4v) is 2.53. The highest BCUT2D eigenvalue weighted by atomic mass is 16.5. The topological polar surface area (TPSA) is 26.5 Å². The van der Waals surface area contributed by atoms with Gasteiger partial charge in [0, 0.05) is 24.4 Å². The summed E-state index contributed by atoms with van der Waals surface area (Å²) in [5.74, 6) is 1.54. The first-order chi connectivity index (χ1) is 7.86. The van der Waals surface area contributed by atoms with Crippen LogP contribution in [0.25, 0.3) is 5.65 Å². The zero-order chi connectivity index (χ0) is 11.0. The molecule has 1 saturated carbocycles. The number of fused-ring (bicyclic) bond motifs is 1. The van der Waals surface area contributed by atoms with E-state index in [9.17, 15) is 0 Å². The van der Waals surface area contributed by atoms with Crippen molar-refractivity contribution in [3.05, 3.63) is 30.2 Å². The van der Waals surface area contributed by atoms with Crippen LogP contribution >= 0.6 is 0 Å². The second-order valence-electron chi connectivity index (χ2n) is 4.48. The minimum absolute atomic E-state index is 0.672. The van der Waals surface area contributed by atoms with Crippen molar-refractivity contribution in [1.82, 2.24) is 9.38 Å². The molecule has 3 rings (SSSR count). The number of nitrogens with zero attached hydrogens (tertiary/aromatic N) is 2. The summed E-state index contributed by atoms with van der Waals surface area (Å²) in [7, 11) is 1.69. The smallest absolute Gasteiger partial charge is 0.140 e. The number of ether oxygens (including phenoxy) is 1. The quantitative estimate of drug-likeness (QED) is 0.771. The Kier molecular flexibility index (Phi) is 2.31. The van der Waals surface area contributed by atoms with Crippen molar-refractivity contribution in [3.8, 4) is 5.75 Å². The van der Waals surface area contributed by atoms with Gasteiger partial charge in [0.15, 0.2) is 0 Å². The van der Waals surface area contributed by atoms with Gasteiger partial charge in [0.2, 0.25) is 0 Å². The zero-order valence-electron chi connectivity index (χ0n) is 9.52. The Hall–Kier alpha value is -1.51. The van der Waals surface area contributed by atoms with E-state index < -0.39 is 0 Å². The van der Waals surface area contributed by atoms with E-state index in [1.54, 1.807) is 7.11 Å². The van der Waals surface area contributed by atoms with Crippen LogP contribution in [0.1, 0.15) is 37.3 Å². The van der Waals surface area contributed by atoms with Crippen LogP contribution in [-0.2, 0) is 0 Å². The third-order valence-corrected chi connectivity index (χ3v) is 3.46. The van der Waals surface area contributed by atoms with Gasteiger partial charge in [-0.15, -0.1) is 0 Å². The van der Waals surface area contributed by atoms with E-state index in [2.05, 4.69) is 15.6 Å². The van der Waals surface area contributed by atoms with Crippen LogP contribution in [0.15, 0.2) is 24.5 Å². The molecule has 0 atom stereocenters. The third kappa shape index (κ3) is 1.56. The van der Waals surface area contributed by atoms with Gasteiger partial charge in [-0.05, 0) is 18.9 Å². The molecule has 16 heavy (non-hydrogen) atoms. The second-order valence-corrected chi connectivity index (χ2v) is 4.48. The van der Waals surface area contributed by atoms with E-state index in [1.807, 2.05) is 18.3 Å². The van der Waals surface area contributed by atoms with Crippen LogP contribution in [0, 0.1) is 0 Å². The molecule has 1 aliphatic rings. The summed E-state index contributed by atoms with van der Waals surface area (Å²) in [5, 5.41) is 0. The first kappa shape index (κ1) is 9.70. The molecule has 0 aliphatic heterocycles. The van der Waals surface area contributed by atoms with E-state index in [-0.39, 0.29) is 0 Å². The van der Waals surface area contributed by atoms with Crippen molar-refractivity contribution in [2.24, 2.45) is 0 Å². The molecule has 0 radical (unpaired) electrons. The maximum atomic E-state index is 5.20. The molecular weight excluding hydrogens is 200 g/mol. The molecule has 0 N–H and O–H groups in total. The Morgan fingerprint density at radius 2 is 2.19 bits per heavy atom. The summed E-state index contributed by atoms with van der Waals surface area (Å²) < 4.78 is 7.28. The molecule has 2 aromatic heterocycles. The lowest BCUT2D eigenvalue weighted by Gasteiger charge is -2.02. The summed E-state index contributed by atoms with van der Waals surface area (Å²) in [6, 6.07) is 3.95. The molecule has 3 heteroatoms. The number of hydrogen-bond donors (Lipinski definition) is 0. The van der Waals surface area contributed by atoms with Gasteiger partial charge in [0.05, 0.1) is 12.8 Å². The average Bonchev–Trinajstić information content (AvgIpc) is 2.96. The zero-order valence-corrected chi connectivity index (χ0v) is 9.52. The van der Waals surface area contributed by atoms with Crippen LogP contribution in [-0.4, -0.2) is 16.5 Å². The lowest BCUT2D eigenvalue weighted by Crippen LogP contribution is -1.91. The number of methoxy groups -OCH3 is 1. The van der Waals surface area contributed by atoms with Crippen molar-refractivity contribution < 1.29 is 4.74 Å². The van der Waals surface area contributed by atoms with Crippen LogP contribution in [0.2, 0.25) is 0 Å². The SMILES string of the molecule is COc1ccn2cc(C3CCCC3)nc2c1. The van der Waals surface area contributed by atoms with E-state index in [0.29, 0.717) is 5.92 Å². The summed E-state index contributed by atoms with van der Waals surface area (Å²) in [4.78, 5) is 4.69. The summed E-state index contributed by atoms with van der Waals surface area (Å²) in [5.41, 5.74) is 2.23. The van der Waals surface area contributed by atoms with Gasteiger partial charge in [-0.2, -0.15) is 0 Å². The van der Waals surface area contributed by atoms with Crippen LogP contribution in [0.5, 0.6) is 5.75 Å². The molecule has 0 bridgehead atoms. The van der Waals surface area contributed by atoms with Crippen molar-refractivity contribution in [1.29, 1.82) is 0 Å². The maximum Gasteiger partial charge on any atom is 0.140 e. The van der Waals surface area contributed by atoms with E-state index >= 15 is 0 Å². The Morgan fingerprint density at radius 1 is 1.38 bits per heavy atom. The normalized spacial score (nSPS) is 17.1. The summed E-state index contributed by atoms with van der Waals surface area (Å²) in [6.07, 6.45) is 9.45. The molecule has 1 fully saturated rings. The predicted molar refractivity (Wildman–Crippen MR) is 63.0 cm³/mol. The molecule has 0 unspecified atom stereocenters. The number of aromatic nitrogens is 2. The van der Waals surface area contributed by atoms with E-state index in [0.717, 1.165) is 11.4 Å². The van der Waals surface area contributed by atoms with Gasteiger partial charge >= 0.3 is 0 Å².